The highest BCUT2D eigenvalue weighted by Gasteiger charge is 2.02. The molecule has 0 atom stereocenters. The number of hydrogen-bond donors (Lipinski definition) is 1. The molecule has 2 aromatic rings. The van der Waals surface area contributed by atoms with E-state index < -0.39 is 0 Å². The van der Waals surface area contributed by atoms with E-state index in [1.54, 1.807) is 7.11 Å². The van der Waals surface area contributed by atoms with Crippen molar-refractivity contribution >= 4 is 5.69 Å². The molecule has 0 amide bonds. The Hall–Kier alpha value is -2.36. The summed E-state index contributed by atoms with van der Waals surface area (Å²) in [5, 5.41) is 3.36. The molecule has 0 bridgehead atoms. The number of rotatable bonds is 10. The van der Waals surface area contributed by atoms with Crippen molar-refractivity contribution in [3.63, 3.8) is 0 Å². The van der Waals surface area contributed by atoms with Crippen molar-refractivity contribution in [2.45, 2.75) is 19.8 Å². The Morgan fingerprint density at radius 2 is 1.61 bits per heavy atom. The van der Waals surface area contributed by atoms with Crippen LogP contribution in [0.2, 0.25) is 0 Å². The zero-order valence-corrected chi connectivity index (χ0v) is 13.9. The standard InChI is InChI=1S/C19H25NO3/c1-3-4-14-23-19-8-6-5-7-18(19)20-13-15-22-17-11-9-16(21-2)10-12-17/h5-12,20H,3-4,13-15H2,1-2H3. The summed E-state index contributed by atoms with van der Waals surface area (Å²) in [6, 6.07) is 15.6. The molecule has 23 heavy (non-hydrogen) atoms. The van der Waals surface area contributed by atoms with Gasteiger partial charge in [-0.05, 0) is 42.8 Å². The summed E-state index contributed by atoms with van der Waals surface area (Å²) in [5.41, 5.74) is 1.00. The van der Waals surface area contributed by atoms with Gasteiger partial charge in [0.05, 0.1) is 19.4 Å². The lowest BCUT2D eigenvalue weighted by molar-refractivity contribution is 0.309. The Morgan fingerprint density at radius 1 is 0.870 bits per heavy atom. The number of methoxy groups -OCH3 is 1. The molecule has 0 saturated heterocycles. The van der Waals surface area contributed by atoms with Crippen LogP contribution in [0.1, 0.15) is 19.8 Å². The fourth-order valence-electron chi connectivity index (χ4n) is 2.09. The van der Waals surface area contributed by atoms with Crippen molar-refractivity contribution in [1.82, 2.24) is 0 Å². The predicted octanol–water partition coefficient (Wildman–Crippen LogP) is 4.37. The molecule has 0 radical (unpaired) electrons. The van der Waals surface area contributed by atoms with Gasteiger partial charge in [0, 0.05) is 6.54 Å². The van der Waals surface area contributed by atoms with E-state index in [0.717, 1.165) is 42.4 Å². The van der Waals surface area contributed by atoms with Crippen LogP contribution in [0.25, 0.3) is 0 Å². The quantitative estimate of drug-likeness (QED) is 0.661. The Labute approximate surface area is 138 Å². The Kier molecular flexibility index (Phi) is 7.11. The molecule has 2 rings (SSSR count). The second-order valence-corrected chi connectivity index (χ2v) is 5.15. The number of hydrogen-bond acceptors (Lipinski definition) is 4. The largest absolute Gasteiger partial charge is 0.497 e. The van der Waals surface area contributed by atoms with Gasteiger partial charge < -0.3 is 19.5 Å². The van der Waals surface area contributed by atoms with Gasteiger partial charge in [-0.2, -0.15) is 0 Å². The highest BCUT2D eigenvalue weighted by Crippen LogP contribution is 2.23. The van der Waals surface area contributed by atoms with Crippen LogP contribution < -0.4 is 19.5 Å². The maximum Gasteiger partial charge on any atom is 0.142 e. The van der Waals surface area contributed by atoms with E-state index in [1.807, 2.05) is 48.5 Å². The SMILES string of the molecule is CCCCOc1ccccc1NCCOc1ccc(OC)cc1. The molecule has 124 valence electrons. The van der Waals surface area contributed by atoms with Gasteiger partial charge in [-0.25, -0.2) is 0 Å². The maximum atomic E-state index is 5.80. The van der Waals surface area contributed by atoms with E-state index in [-0.39, 0.29) is 0 Å². The lowest BCUT2D eigenvalue weighted by atomic mass is 10.3. The van der Waals surface area contributed by atoms with Crippen molar-refractivity contribution in [2.24, 2.45) is 0 Å². The van der Waals surface area contributed by atoms with Gasteiger partial charge in [-0.15, -0.1) is 0 Å². The molecule has 1 N–H and O–H groups in total. The average molecular weight is 315 g/mol. The smallest absolute Gasteiger partial charge is 0.142 e. The molecular formula is C19H25NO3. The second kappa shape index (κ2) is 9.62. The summed E-state index contributed by atoms with van der Waals surface area (Å²) in [6.07, 6.45) is 2.19. The van der Waals surface area contributed by atoms with Crippen LogP contribution in [0.5, 0.6) is 17.2 Å². The van der Waals surface area contributed by atoms with Crippen molar-refractivity contribution in [3.8, 4) is 17.2 Å². The number of unbranched alkanes of at least 4 members (excludes halogenated alkanes) is 1. The second-order valence-electron chi connectivity index (χ2n) is 5.15. The summed E-state index contributed by atoms with van der Waals surface area (Å²) in [6.45, 7) is 4.19. The first kappa shape index (κ1) is 17.0. The Morgan fingerprint density at radius 3 is 2.35 bits per heavy atom. The van der Waals surface area contributed by atoms with Crippen LogP contribution in [0.15, 0.2) is 48.5 Å². The molecule has 2 aromatic carbocycles. The number of nitrogens with one attached hydrogen (secondary N) is 1. The molecule has 0 aliphatic heterocycles. The van der Waals surface area contributed by atoms with Crippen LogP contribution in [-0.2, 0) is 0 Å². The van der Waals surface area contributed by atoms with Crippen molar-refractivity contribution in [1.29, 1.82) is 0 Å². The van der Waals surface area contributed by atoms with E-state index in [9.17, 15) is 0 Å². The lowest BCUT2D eigenvalue weighted by Crippen LogP contribution is -2.12. The highest BCUT2D eigenvalue weighted by atomic mass is 16.5. The highest BCUT2D eigenvalue weighted by molar-refractivity contribution is 5.56. The van der Waals surface area contributed by atoms with Gasteiger partial charge >= 0.3 is 0 Å². The van der Waals surface area contributed by atoms with Gasteiger partial charge in [0.15, 0.2) is 0 Å². The molecule has 0 aliphatic carbocycles. The molecular weight excluding hydrogens is 290 g/mol. The van der Waals surface area contributed by atoms with Gasteiger partial charge in [0.2, 0.25) is 0 Å². The fraction of sp³-hybridized carbons (Fsp3) is 0.368. The molecule has 0 aromatic heterocycles. The Bertz CT molecular complexity index is 569. The zero-order valence-electron chi connectivity index (χ0n) is 13.9. The number of benzene rings is 2. The van der Waals surface area contributed by atoms with E-state index in [2.05, 4.69) is 12.2 Å². The molecule has 4 heteroatoms. The molecule has 0 spiro atoms. The summed E-state index contributed by atoms with van der Waals surface area (Å²) < 4.78 is 16.6. The summed E-state index contributed by atoms with van der Waals surface area (Å²) in [7, 11) is 1.65. The van der Waals surface area contributed by atoms with Crippen LogP contribution >= 0.6 is 0 Å². The van der Waals surface area contributed by atoms with E-state index in [4.69, 9.17) is 14.2 Å². The normalized spacial score (nSPS) is 10.2. The monoisotopic (exact) mass is 315 g/mol. The molecule has 0 aliphatic rings. The topological polar surface area (TPSA) is 39.7 Å². The van der Waals surface area contributed by atoms with Crippen LogP contribution in [0, 0.1) is 0 Å². The summed E-state index contributed by atoms with van der Waals surface area (Å²) in [5.74, 6) is 2.55. The van der Waals surface area contributed by atoms with Gasteiger partial charge in [0.1, 0.15) is 23.9 Å². The van der Waals surface area contributed by atoms with Crippen molar-refractivity contribution < 1.29 is 14.2 Å². The summed E-state index contributed by atoms with van der Waals surface area (Å²) >= 11 is 0. The molecule has 0 unspecified atom stereocenters. The van der Waals surface area contributed by atoms with Crippen LogP contribution in [0.3, 0.4) is 0 Å². The third-order valence-electron chi connectivity index (χ3n) is 3.39. The molecule has 0 saturated carbocycles. The Balaban J connectivity index is 1.77. The van der Waals surface area contributed by atoms with E-state index >= 15 is 0 Å². The van der Waals surface area contributed by atoms with Gasteiger partial charge in [0.25, 0.3) is 0 Å². The molecule has 0 fully saturated rings. The molecule has 0 heterocycles. The van der Waals surface area contributed by atoms with Crippen molar-refractivity contribution in [2.75, 3.05) is 32.2 Å². The first-order valence-corrected chi connectivity index (χ1v) is 8.06. The average Bonchev–Trinajstić information content (AvgIpc) is 2.60. The zero-order chi connectivity index (χ0) is 16.3. The van der Waals surface area contributed by atoms with Crippen LogP contribution in [-0.4, -0.2) is 26.9 Å². The third-order valence-corrected chi connectivity index (χ3v) is 3.39. The fourth-order valence-corrected chi connectivity index (χ4v) is 2.09. The number of ether oxygens (including phenoxy) is 3. The van der Waals surface area contributed by atoms with E-state index in [0.29, 0.717) is 13.2 Å². The molecule has 4 nitrogen and oxygen atoms in total. The summed E-state index contributed by atoms with van der Waals surface area (Å²) in [4.78, 5) is 0. The van der Waals surface area contributed by atoms with Crippen LogP contribution in [0.4, 0.5) is 5.69 Å². The van der Waals surface area contributed by atoms with Crippen molar-refractivity contribution in [3.05, 3.63) is 48.5 Å². The number of anilines is 1. The van der Waals surface area contributed by atoms with Gasteiger partial charge in [-0.3, -0.25) is 0 Å². The lowest BCUT2D eigenvalue weighted by Gasteiger charge is -2.13. The first-order chi connectivity index (χ1) is 11.3. The first-order valence-electron chi connectivity index (χ1n) is 8.06. The number of para-hydroxylation sites is 2. The minimum Gasteiger partial charge on any atom is -0.497 e. The minimum absolute atomic E-state index is 0.579. The third kappa shape index (κ3) is 5.74. The predicted molar refractivity (Wildman–Crippen MR) is 93.8 cm³/mol. The van der Waals surface area contributed by atoms with Gasteiger partial charge in [-0.1, -0.05) is 25.5 Å². The maximum absolute atomic E-state index is 5.80. The minimum atomic E-state index is 0.579. The van der Waals surface area contributed by atoms with E-state index in [1.165, 1.54) is 0 Å².